The lowest BCUT2D eigenvalue weighted by atomic mass is 9.93. The molecule has 2 rings (SSSR count). The fourth-order valence-electron chi connectivity index (χ4n) is 2.46. The molecule has 1 amide bonds. The fraction of sp³-hybridized carbons (Fsp3) is 0.667. The Hall–Kier alpha value is -1.62. The summed E-state index contributed by atoms with van der Waals surface area (Å²) in [7, 11) is 0. The lowest BCUT2D eigenvalue weighted by molar-refractivity contribution is 0.0231. The fourth-order valence-corrected chi connectivity index (χ4v) is 2.46. The molecule has 0 aromatic carbocycles. The lowest BCUT2D eigenvalue weighted by Crippen LogP contribution is -2.39. The van der Waals surface area contributed by atoms with Gasteiger partial charge in [0.2, 0.25) is 0 Å². The van der Waals surface area contributed by atoms with E-state index in [1.807, 2.05) is 32.9 Å². The standard InChI is InChI=1S/C18H29N3O2/c1-18(2,3)23-17(22)21(14-15-7-5-10-19-13-15)12-6-11-20-16-8-4-9-16/h5,7,10,13,16,20H,4,6,8-9,11-12,14H2,1-3H3. The maximum atomic E-state index is 12.4. The van der Waals surface area contributed by atoms with E-state index in [-0.39, 0.29) is 6.09 Å². The molecule has 5 nitrogen and oxygen atoms in total. The number of nitrogens with one attached hydrogen (secondary N) is 1. The number of ether oxygens (including phenoxy) is 1. The molecule has 1 fully saturated rings. The van der Waals surface area contributed by atoms with Gasteiger partial charge in [-0.3, -0.25) is 4.98 Å². The number of hydrogen-bond acceptors (Lipinski definition) is 4. The van der Waals surface area contributed by atoms with E-state index in [1.165, 1.54) is 19.3 Å². The van der Waals surface area contributed by atoms with Crippen molar-refractivity contribution in [2.24, 2.45) is 0 Å². The van der Waals surface area contributed by atoms with Gasteiger partial charge in [0.15, 0.2) is 0 Å². The maximum absolute atomic E-state index is 12.4. The second-order valence-corrected chi connectivity index (χ2v) is 7.20. The molecule has 1 aromatic rings. The Bertz CT molecular complexity index is 481. The minimum Gasteiger partial charge on any atom is -0.444 e. The summed E-state index contributed by atoms with van der Waals surface area (Å²) >= 11 is 0. The van der Waals surface area contributed by atoms with Crippen LogP contribution in [-0.4, -0.2) is 40.7 Å². The Morgan fingerprint density at radius 1 is 1.43 bits per heavy atom. The predicted molar refractivity (Wildman–Crippen MR) is 91.1 cm³/mol. The third-order valence-corrected chi connectivity index (χ3v) is 3.89. The van der Waals surface area contributed by atoms with Crippen LogP contribution >= 0.6 is 0 Å². The van der Waals surface area contributed by atoms with E-state index in [0.29, 0.717) is 19.1 Å². The quantitative estimate of drug-likeness (QED) is 0.783. The molecule has 1 saturated carbocycles. The first kappa shape index (κ1) is 17.7. The Morgan fingerprint density at radius 3 is 2.78 bits per heavy atom. The molecule has 0 radical (unpaired) electrons. The van der Waals surface area contributed by atoms with Crippen molar-refractivity contribution >= 4 is 6.09 Å². The number of carbonyl (C=O) groups is 1. The average molecular weight is 319 g/mol. The Kier molecular flexibility index (Phi) is 6.39. The Labute approximate surface area is 139 Å². The van der Waals surface area contributed by atoms with Gasteiger partial charge in [0.05, 0.1) is 6.54 Å². The highest BCUT2D eigenvalue weighted by Gasteiger charge is 2.22. The summed E-state index contributed by atoms with van der Waals surface area (Å²) in [4.78, 5) is 18.3. The summed E-state index contributed by atoms with van der Waals surface area (Å²) in [5, 5.41) is 3.53. The predicted octanol–water partition coefficient (Wildman–Crippen LogP) is 3.35. The molecule has 0 unspecified atom stereocenters. The smallest absolute Gasteiger partial charge is 0.410 e. The summed E-state index contributed by atoms with van der Waals surface area (Å²) in [6.07, 6.45) is 8.11. The third kappa shape index (κ3) is 6.57. The highest BCUT2D eigenvalue weighted by atomic mass is 16.6. The number of rotatable bonds is 7. The van der Waals surface area contributed by atoms with E-state index in [9.17, 15) is 4.79 Å². The van der Waals surface area contributed by atoms with Gasteiger partial charge < -0.3 is 15.0 Å². The van der Waals surface area contributed by atoms with Gasteiger partial charge in [-0.15, -0.1) is 0 Å². The molecule has 1 aromatic heterocycles. The third-order valence-electron chi connectivity index (χ3n) is 3.89. The average Bonchev–Trinajstić information content (AvgIpc) is 2.43. The van der Waals surface area contributed by atoms with Crippen molar-refractivity contribution in [3.05, 3.63) is 30.1 Å². The first-order chi connectivity index (χ1) is 10.9. The normalized spacial score (nSPS) is 15.1. The Balaban J connectivity index is 1.85. The maximum Gasteiger partial charge on any atom is 0.410 e. The summed E-state index contributed by atoms with van der Waals surface area (Å²) in [5.74, 6) is 0. The minimum absolute atomic E-state index is 0.259. The van der Waals surface area contributed by atoms with E-state index >= 15 is 0 Å². The van der Waals surface area contributed by atoms with Gasteiger partial charge in [0.25, 0.3) is 0 Å². The molecular weight excluding hydrogens is 290 g/mol. The summed E-state index contributed by atoms with van der Waals surface area (Å²) in [6.45, 7) is 7.84. The van der Waals surface area contributed by atoms with Crippen LogP contribution in [0.15, 0.2) is 24.5 Å². The highest BCUT2D eigenvalue weighted by Crippen LogP contribution is 2.18. The molecule has 1 aliphatic rings. The number of nitrogens with zero attached hydrogens (tertiary/aromatic N) is 2. The van der Waals surface area contributed by atoms with Gasteiger partial charge in [-0.2, -0.15) is 0 Å². The molecule has 1 aliphatic carbocycles. The van der Waals surface area contributed by atoms with E-state index in [0.717, 1.165) is 18.5 Å². The van der Waals surface area contributed by atoms with Crippen LogP contribution in [0.1, 0.15) is 52.0 Å². The second kappa shape index (κ2) is 8.29. The van der Waals surface area contributed by atoms with Gasteiger partial charge in [0.1, 0.15) is 5.60 Å². The summed E-state index contributed by atoms with van der Waals surface area (Å²) in [6, 6.07) is 4.56. The molecular formula is C18H29N3O2. The first-order valence-corrected chi connectivity index (χ1v) is 8.54. The number of pyridine rings is 1. The minimum atomic E-state index is -0.478. The van der Waals surface area contributed by atoms with E-state index in [1.54, 1.807) is 17.3 Å². The zero-order valence-corrected chi connectivity index (χ0v) is 14.5. The van der Waals surface area contributed by atoms with Crippen LogP contribution in [0.25, 0.3) is 0 Å². The highest BCUT2D eigenvalue weighted by molar-refractivity contribution is 5.68. The van der Waals surface area contributed by atoms with Gasteiger partial charge >= 0.3 is 6.09 Å². The number of carbonyl (C=O) groups excluding carboxylic acids is 1. The van der Waals surface area contributed by atoms with Gasteiger partial charge in [-0.25, -0.2) is 4.79 Å². The molecule has 128 valence electrons. The molecule has 0 aliphatic heterocycles. The molecule has 0 atom stereocenters. The van der Waals surface area contributed by atoms with Crippen molar-refractivity contribution in [1.29, 1.82) is 0 Å². The van der Waals surface area contributed by atoms with Crippen molar-refractivity contribution < 1.29 is 9.53 Å². The van der Waals surface area contributed by atoms with E-state index in [4.69, 9.17) is 4.74 Å². The van der Waals surface area contributed by atoms with Crippen LogP contribution in [0, 0.1) is 0 Å². The summed E-state index contributed by atoms with van der Waals surface area (Å²) < 4.78 is 5.53. The van der Waals surface area contributed by atoms with Crippen LogP contribution in [0.2, 0.25) is 0 Å². The SMILES string of the molecule is CC(C)(C)OC(=O)N(CCCNC1CCC1)Cc1cccnc1. The monoisotopic (exact) mass is 319 g/mol. The van der Waals surface area contributed by atoms with Crippen LogP contribution in [0.5, 0.6) is 0 Å². The zero-order chi connectivity index (χ0) is 16.7. The van der Waals surface area contributed by atoms with Crippen LogP contribution in [-0.2, 0) is 11.3 Å². The van der Waals surface area contributed by atoms with E-state index < -0.39 is 5.60 Å². The Morgan fingerprint density at radius 2 is 2.22 bits per heavy atom. The van der Waals surface area contributed by atoms with Crippen LogP contribution in [0.4, 0.5) is 4.79 Å². The molecule has 1 heterocycles. The molecule has 1 N–H and O–H groups in total. The number of amides is 1. The van der Waals surface area contributed by atoms with Crippen molar-refractivity contribution in [3.8, 4) is 0 Å². The molecule has 0 saturated heterocycles. The van der Waals surface area contributed by atoms with Crippen LogP contribution in [0.3, 0.4) is 0 Å². The topological polar surface area (TPSA) is 54.5 Å². The second-order valence-electron chi connectivity index (χ2n) is 7.20. The zero-order valence-electron chi connectivity index (χ0n) is 14.5. The summed E-state index contributed by atoms with van der Waals surface area (Å²) in [5.41, 5.74) is 0.541. The van der Waals surface area contributed by atoms with Crippen LogP contribution < -0.4 is 5.32 Å². The molecule has 5 heteroatoms. The molecule has 0 bridgehead atoms. The lowest BCUT2D eigenvalue weighted by Gasteiger charge is -2.29. The van der Waals surface area contributed by atoms with Crippen molar-refractivity contribution in [2.75, 3.05) is 13.1 Å². The van der Waals surface area contributed by atoms with Gasteiger partial charge in [-0.1, -0.05) is 12.5 Å². The van der Waals surface area contributed by atoms with E-state index in [2.05, 4.69) is 10.3 Å². The largest absolute Gasteiger partial charge is 0.444 e. The number of aromatic nitrogens is 1. The van der Waals surface area contributed by atoms with Crippen molar-refractivity contribution in [3.63, 3.8) is 0 Å². The molecule has 23 heavy (non-hydrogen) atoms. The number of hydrogen-bond donors (Lipinski definition) is 1. The van der Waals surface area contributed by atoms with Gasteiger partial charge in [-0.05, 0) is 58.2 Å². The molecule has 0 spiro atoms. The van der Waals surface area contributed by atoms with Crippen molar-refractivity contribution in [1.82, 2.24) is 15.2 Å². The van der Waals surface area contributed by atoms with Gasteiger partial charge in [0, 0.05) is 25.0 Å². The van der Waals surface area contributed by atoms with Crippen molar-refractivity contribution in [2.45, 2.75) is 64.6 Å². The first-order valence-electron chi connectivity index (χ1n) is 8.54.